The molecule has 2 aromatic rings. The first-order chi connectivity index (χ1) is 13.0. The molecule has 0 heterocycles. The SMILES string of the molecule is CN=C(NCCNC(=O)c1ccc(OC)cc1)NCc1ccc(C)cc1C. The van der Waals surface area contributed by atoms with Crippen molar-refractivity contribution in [2.45, 2.75) is 20.4 Å². The molecule has 144 valence electrons. The lowest BCUT2D eigenvalue weighted by atomic mass is 10.1. The maximum absolute atomic E-state index is 12.1. The molecule has 0 aliphatic carbocycles. The molecule has 0 atom stereocenters. The van der Waals surface area contributed by atoms with Crippen molar-refractivity contribution in [2.75, 3.05) is 27.2 Å². The van der Waals surface area contributed by atoms with E-state index in [4.69, 9.17) is 4.74 Å². The first-order valence-electron chi connectivity index (χ1n) is 8.96. The lowest BCUT2D eigenvalue weighted by Crippen LogP contribution is -2.41. The van der Waals surface area contributed by atoms with Crippen molar-refractivity contribution in [3.05, 3.63) is 64.7 Å². The summed E-state index contributed by atoms with van der Waals surface area (Å²) in [4.78, 5) is 16.3. The summed E-state index contributed by atoms with van der Waals surface area (Å²) in [5.74, 6) is 1.32. The fourth-order valence-corrected chi connectivity index (χ4v) is 2.65. The summed E-state index contributed by atoms with van der Waals surface area (Å²) in [5, 5.41) is 9.37. The molecule has 6 heteroatoms. The minimum absolute atomic E-state index is 0.113. The Hall–Kier alpha value is -3.02. The number of hydrogen-bond acceptors (Lipinski definition) is 3. The second kappa shape index (κ2) is 10.2. The number of benzene rings is 2. The van der Waals surface area contributed by atoms with Crippen molar-refractivity contribution in [3.63, 3.8) is 0 Å². The van der Waals surface area contributed by atoms with Gasteiger partial charge in [-0.15, -0.1) is 0 Å². The quantitative estimate of drug-likeness (QED) is 0.399. The number of amides is 1. The van der Waals surface area contributed by atoms with E-state index in [1.165, 1.54) is 16.7 Å². The van der Waals surface area contributed by atoms with E-state index < -0.39 is 0 Å². The Morgan fingerprint density at radius 3 is 2.33 bits per heavy atom. The van der Waals surface area contributed by atoms with E-state index in [2.05, 4.69) is 53.0 Å². The summed E-state index contributed by atoms with van der Waals surface area (Å²) in [7, 11) is 3.33. The van der Waals surface area contributed by atoms with Crippen LogP contribution in [0.2, 0.25) is 0 Å². The molecule has 0 unspecified atom stereocenters. The number of methoxy groups -OCH3 is 1. The van der Waals surface area contributed by atoms with Gasteiger partial charge in [0, 0.05) is 32.2 Å². The van der Waals surface area contributed by atoms with Gasteiger partial charge in [-0.2, -0.15) is 0 Å². The van der Waals surface area contributed by atoms with Crippen LogP contribution in [0, 0.1) is 13.8 Å². The van der Waals surface area contributed by atoms with E-state index in [0.29, 0.717) is 31.2 Å². The van der Waals surface area contributed by atoms with E-state index in [1.807, 2.05) is 0 Å². The van der Waals surface area contributed by atoms with Crippen LogP contribution in [0.3, 0.4) is 0 Å². The maximum atomic E-state index is 12.1. The molecule has 3 N–H and O–H groups in total. The van der Waals surface area contributed by atoms with Gasteiger partial charge in [-0.3, -0.25) is 9.79 Å². The molecule has 0 aliphatic rings. The average molecular weight is 368 g/mol. The minimum Gasteiger partial charge on any atom is -0.497 e. The van der Waals surface area contributed by atoms with Gasteiger partial charge < -0.3 is 20.7 Å². The van der Waals surface area contributed by atoms with E-state index in [0.717, 1.165) is 5.75 Å². The predicted molar refractivity (Wildman–Crippen MR) is 109 cm³/mol. The topological polar surface area (TPSA) is 74.8 Å². The van der Waals surface area contributed by atoms with Crippen LogP contribution in [0.1, 0.15) is 27.0 Å². The molecule has 2 aromatic carbocycles. The number of guanidine groups is 1. The van der Waals surface area contributed by atoms with E-state index in [1.54, 1.807) is 38.4 Å². The highest BCUT2D eigenvalue weighted by Crippen LogP contribution is 2.11. The van der Waals surface area contributed by atoms with Gasteiger partial charge in [0.1, 0.15) is 5.75 Å². The second-order valence-corrected chi connectivity index (χ2v) is 6.27. The molecule has 6 nitrogen and oxygen atoms in total. The number of hydrogen-bond donors (Lipinski definition) is 3. The number of aliphatic imine (C=N–C) groups is 1. The Labute approximate surface area is 161 Å². The number of carbonyl (C=O) groups excluding carboxylic acids is 1. The second-order valence-electron chi connectivity index (χ2n) is 6.27. The summed E-state index contributed by atoms with van der Waals surface area (Å²) in [6.45, 7) is 5.97. The Bertz CT molecular complexity index is 785. The van der Waals surface area contributed by atoms with Gasteiger partial charge in [-0.05, 0) is 49.2 Å². The van der Waals surface area contributed by atoms with Crippen molar-refractivity contribution >= 4 is 11.9 Å². The van der Waals surface area contributed by atoms with Crippen LogP contribution in [0.5, 0.6) is 5.75 Å². The van der Waals surface area contributed by atoms with Gasteiger partial charge in [-0.25, -0.2) is 0 Å². The molecule has 0 radical (unpaired) electrons. The molecular formula is C21H28N4O2. The molecule has 0 aliphatic heterocycles. The molecule has 0 spiro atoms. The zero-order chi connectivity index (χ0) is 19.6. The van der Waals surface area contributed by atoms with Crippen LogP contribution in [-0.4, -0.2) is 39.1 Å². The van der Waals surface area contributed by atoms with Crippen LogP contribution in [-0.2, 0) is 6.54 Å². The van der Waals surface area contributed by atoms with Crippen LogP contribution in [0.4, 0.5) is 0 Å². The summed E-state index contributed by atoms with van der Waals surface area (Å²) < 4.78 is 5.09. The number of ether oxygens (including phenoxy) is 1. The van der Waals surface area contributed by atoms with Gasteiger partial charge in [-0.1, -0.05) is 23.8 Å². The highest BCUT2D eigenvalue weighted by Gasteiger charge is 2.05. The predicted octanol–water partition coefficient (Wildman–Crippen LogP) is 2.41. The number of carbonyl (C=O) groups is 1. The third-order valence-corrected chi connectivity index (χ3v) is 4.22. The van der Waals surface area contributed by atoms with Gasteiger partial charge in [0.25, 0.3) is 5.91 Å². The van der Waals surface area contributed by atoms with Crippen molar-refractivity contribution < 1.29 is 9.53 Å². The van der Waals surface area contributed by atoms with Gasteiger partial charge in [0.15, 0.2) is 5.96 Å². The average Bonchev–Trinajstić information content (AvgIpc) is 2.68. The standard InChI is InChI=1S/C21H28N4O2/c1-15-5-6-18(16(2)13-15)14-25-21(22-3)24-12-11-23-20(26)17-7-9-19(27-4)10-8-17/h5-10,13H,11-12,14H2,1-4H3,(H,23,26)(H2,22,24,25). The van der Waals surface area contributed by atoms with Crippen molar-refractivity contribution in [2.24, 2.45) is 4.99 Å². The van der Waals surface area contributed by atoms with Gasteiger partial charge >= 0.3 is 0 Å². The Morgan fingerprint density at radius 1 is 1.00 bits per heavy atom. The summed E-state index contributed by atoms with van der Waals surface area (Å²) in [6.07, 6.45) is 0. The van der Waals surface area contributed by atoms with Crippen LogP contribution >= 0.6 is 0 Å². The zero-order valence-electron chi connectivity index (χ0n) is 16.4. The largest absolute Gasteiger partial charge is 0.497 e. The molecule has 2 rings (SSSR count). The lowest BCUT2D eigenvalue weighted by molar-refractivity contribution is 0.0954. The van der Waals surface area contributed by atoms with Gasteiger partial charge in [0.05, 0.1) is 7.11 Å². The Kier molecular flexibility index (Phi) is 7.67. The number of nitrogens with zero attached hydrogens (tertiary/aromatic N) is 1. The molecule has 1 amide bonds. The summed E-state index contributed by atoms with van der Waals surface area (Å²) in [6, 6.07) is 13.4. The normalized spacial score (nSPS) is 11.0. The molecule has 0 saturated heterocycles. The monoisotopic (exact) mass is 368 g/mol. The van der Waals surface area contributed by atoms with E-state index in [-0.39, 0.29) is 5.91 Å². The summed E-state index contributed by atoms with van der Waals surface area (Å²) >= 11 is 0. The van der Waals surface area contributed by atoms with E-state index >= 15 is 0 Å². The van der Waals surface area contributed by atoms with Crippen molar-refractivity contribution in [1.82, 2.24) is 16.0 Å². The fourth-order valence-electron chi connectivity index (χ4n) is 2.65. The number of rotatable bonds is 7. The van der Waals surface area contributed by atoms with Gasteiger partial charge in [0.2, 0.25) is 0 Å². The first kappa shape index (κ1) is 20.3. The smallest absolute Gasteiger partial charge is 0.251 e. The fraction of sp³-hybridized carbons (Fsp3) is 0.333. The van der Waals surface area contributed by atoms with E-state index in [9.17, 15) is 4.79 Å². The highest BCUT2D eigenvalue weighted by molar-refractivity contribution is 5.94. The lowest BCUT2D eigenvalue weighted by Gasteiger charge is -2.14. The molecule has 0 bridgehead atoms. The van der Waals surface area contributed by atoms with Crippen molar-refractivity contribution in [1.29, 1.82) is 0 Å². The first-order valence-corrected chi connectivity index (χ1v) is 8.96. The third-order valence-electron chi connectivity index (χ3n) is 4.22. The van der Waals surface area contributed by atoms with Crippen LogP contribution in [0.25, 0.3) is 0 Å². The Morgan fingerprint density at radius 2 is 1.70 bits per heavy atom. The highest BCUT2D eigenvalue weighted by atomic mass is 16.5. The maximum Gasteiger partial charge on any atom is 0.251 e. The molecule has 0 fully saturated rings. The molecule has 0 saturated carbocycles. The van der Waals surface area contributed by atoms with Crippen LogP contribution < -0.4 is 20.7 Å². The molecular weight excluding hydrogens is 340 g/mol. The number of nitrogens with one attached hydrogen (secondary N) is 3. The van der Waals surface area contributed by atoms with Crippen molar-refractivity contribution in [3.8, 4) is 5.75 Å². The minimum atomic E-state index is -0.113. The summed E-state index contributed by atoms with van der Waals surface area (Å²) in [5.41, 5.74) is 4.35. The van der Waals surface area contributed by atoms with Crippen LogP contribution in [0.15, 0.2) is 47.5 Å². The zero-order valence-corrected chi connectivity index (χ0v) is 16.4. The molecule has 0 aromatic heterocycles. The number of aryl methyl sites for hydroxylation is 2. The molecule has 27 heavy (non-hydrogen) atoms. The third kappa shape index (κ3) is 6.33. The Balaban J connectivity index is 1.73.